The van der Waals surface area contributed by atoms with Gasteiger partial charge in [0.25, 0.3) is 0 Å². The molecule has 98 valence electrons. The number of nitrogens with one attached hydrogen (secondary N) is 1. The minimum Gasteiger partial charge on any atom is -0.394 e. The van der Waals surface area contributed by atoms with E-state index in [0.717, 1.165) is 43.9 Å². The van der Waals surface area contributed by atoms with Crippen LogP contribution in [0.1, 0.15) is 33.1 Å². The Morgan fingerprint density at radius 2 is 2.06 bits per heavy atom. The highest BCUT2D eigenvalue weighted by Crippen LogP contribution is 2.18. The quantitative estimate of drug-likeness (QED) is 0.549. The van der Waals surface area contributed by atoms with Gasteiger partial charge in [-0.25, -0.2) is 0 Å². The maximum atomic E-state index is 9.46. The fourth-order valence-corrected chi connectivity index (χ4v) is 2.61. The Balaban J connectivity index is 3.67. The molecule has 0 aliphatic heterocycles. The van der Waals surface area contributed by atoms with Crippen molar-refractivity contribution in [2.24, 2.45) is 0 Å². The lowest BCUT2D eigenvalue weighted by atomic mass is 9.91. The molecule has 0 aromatic rings. The first-order chi connectivity index (χ1) is 7.74. The van der Waals surface area contributed by atoms with Crippen molar-refractivity contribution >= 4 is 11.8 Å². The maximum Gasteiger partial charge on any atom is 0.0613 e. The molecule has 2 N–H and O–H groups in total. The van der Waals surface area contributed by atoms with Crippen LogP contribution in [-0.4, -0.2) is 49.0 Å². The molecule has 0 aliphatic rings. The van der Waals surface area contributed by atoms with E-state index < -0.39 is 0 Å². The highest BCUT2D eigenvalue weighted by Gasteiger charge is 2.24. The lowest BCUT2D eigenvalue weighted by molar-refractivity contribution is 0.148. The van der Waals surface area contributed by atoms with Gasteiger partial charge in [-0.05, 0) is 31.6 Å². The molecule has 0 fully saturated rings. The highest BCUT2D eigenvalue weighted by molar-refractivity contribution is 7.99. The Hall–Kier alpha value is 0.230. The number of hydrogen-bond acceptors (Lipinski definition) is 4. The summed E-state index contributed by atoms with van der Waals surface area (Å²) in [5.41, 5.74) is -0.0590. The van der Waals surface area contributed by atoms with Crippen LogP contribution in [0.15, 0.2) is 0 Å². The fourth-order valence-electron chi connectivity index (χ4n) is 1.77. The zero-order valence-corrected chi connectivity index (χ0v) is 11.7. The zero-order chi connectivity index (χ0) is 12.3. The van der Waals surface area contributed by atoms with Crippen LogP contribution in [-0.2, 0) is 4.74 Å². The van der Waals surface area contributed by atoms with E-state index in [1.165, 1.54) is 0 Å². The summed E-state index contributed by atoms with van der Waals surface area (Å²) < 4.78 is 5.00. The van der Waals surface area contributed by atoms with Crippen LogP contribution in [0.2, 0.25) is 0 Å². The highest BCUT2D eigenvalue weighted by atomic mass is 32.2. The number of hydrogen-bond donors (Lipinski definition) is 2. The summed E-state index contributed by atoms with van der Waals surface area (Å²) in [5, 5.41) is 12.9. The topological polar surface area (TPSA) is 41.5 Å². The first-order valence-electron chi connectivity index (χ1n) is 6.17. The molecule has 0 amide bonds. The monoisotopic (exact) mass is 249 g/mol. The van der Waals surface area contributed by atoms with Gasteiger partial charge >= 0.3 is 0 Å². The molecule has 0 spiro atoms. The van der Waals surface area contributed by atoms with Crippen molar-refractivity contribution < 1.29 is 9.84 Å². The summed E-state index contributed by atoms with van der Waals surface area (Å²) >= 11 is 1.92. The van der Waals surface area contributed by atoms with Gasteiger partial charge in [0.05, 0.1) is 13.2 Å². The number of thioether (sulfide) groups is 1. The van der Waals surface area contributed by atoms with Gasteiger partial charge in [-0.1, -0.05) is 13.8 Å². The molecular formula is C12H27NO2S. The molecule has 0 aromatic heterocycles. The second-order valence-corrected chi connectivity index (χ2v) is 5.26. The van der Waals surface area contributed by atoms with Crippen molar-refractivity contribution in [3.63, 3.8) is 0 Å². The van der Waals surface area contributed by atoms with Crippen LogP contribution in [0.25, 0.3) is 0 Å². The average molecular weight is 249 g/mol. The van der Waals surface area contributed by atoms with E-state index >= 15 is 0 Å². The Bertz CT molecular complexity index is 152. The van der Waals surface area contributed by atoms with E-state index in [2.05, 4.69) is 19.2 Å². The lowest BCUT2D eigenvalue weighted by Gasteiger charge is -2.31. The van der Waals surface area contributed by atoms with Gasteiger partial charge in [0.15, 0.2) is 0 Å². The number of aliphatic hydroxyl groups is 1. The predicted molar refractivity (Wildman–Crippen MR) is 72.2 cm³/mol. The first kappa shape index (κ1) is 16.2. The molecule has 0 rings (SSSR count). The molecule has 1 unspecified atom stereocenters. The van der Waals surface area contributed by atoms with Crippen LogP contribution in [0.5, 0.6) is 0 Å². The van der Waals surface area contributed by atoms with Crippen LogP contribution in [0, 0.1) is 0 Å². The van der Waals surface area contributed by atoms with Crippen molar-refractivity contribution in [1.29, 1.82) is 0 Å². The van der Waals surface area contributed by atoms with Gasteiger partial charge < -0.3 is 15.2 Å². The standard InChI is InChI=1S/C12H27NO2S/c1-4-12(11-14,13-5-2)7-6-9-16-10-8-15-3/h13-14H,4-11H2,1-3H3. The average Bonchev–Trinajstić information content (AvgIpc) is 2.32. The zero-order valence-electron chi connectivity index (χ0n) is 10.9. The van der Waals surface area contributed by atoms with Crippen LogP contribution in [0.4, 0.5) is 0 Å². The van der Waals surface area contributed by atoms with Gasteiger partial charge in [-0.3, -0.25) is 0 Å². The van der Waals surface area contributed by atoms with Gasteiger partial charge in [0, 0.05) is 18.4 Å². The van der Waals surface area contributed by atoms with Crippen molar-refractivity contribution in [2.75, 3.05) is 38.4 Å². The summed E-state index contributed by atoms with van der Waals surface area (Å²) in [6.07, 6.45) is 3.18. The van der Waals surface area contributed by atoms with Gasteiger partial charge in [-0.2, -0.15) is 11.8 Å². The van der Waals surface area contributed by atoms with E-state index in [9.17, 15) is 5.11 Å². The third-order valence-corrected chi connectivity index (χ3v) is 3.94. The van der Waals surface area contributed by atoms with Crippen molar-refractivity contribution in [1.82, 2.24) is 5.32 Å². The summed E-state index contributed by atoms with van der Waals surface area (Å²) in [4.78, 5) is 0. The van der Waals surface area contributed by atoms with Crippen molar-refractivity contribution in [3.05, 3.63) is 0 Å². The number of aliphatic hydroxyl groups excluding tert-OH is 1. The second-order valence-electron chi connectivity index (χ2n) is 4.03. The summed E-state index contributed by atoms with van der Waals surface area (Å²) in [6.45, 7) is 6.21. The minimum atomic E-state index is -0.0590. The van der Waals surface area contributed by atoms with Crippen molar-refractivity contribution in [2.45, 2.75) is 38.6 Å². The molecule has 4 heteroatoms. The van der Waals surface area contributed by atoms with E-state index in [-0.39, 0.29) is 12.1 Å². The predicted octanol–water partition coefficient (Wildman–Crippen LogP) is 1.90. The molecule has 0 bridgehead atoms. The molecule has 0 heterocycles. The van der Waals surface area contributed by atoms with E-state index in [1.54, 1.807) is 7.11 Å². The van der Waals surface area contributed by atoms with Crippen molar-refractivity contribution in [3.8, 4) is 0 Å². The molecule has 0 saturated carbocycles. The number of likely N-dealkylation sites (N-methyl/N-ethyl adjacent to an activating group) is 1. The lowest BCUT2D eigenvalue weighted by Crippen LogP contribution is -2.48. The van der Waals surface area contributed by atoms with Crippen LogP contribution >= 0.6 is 11.8 Å². The summed E-state index contributed by atoms with van der Waals surface area (Å²) in [5.74, 6) is 2.21. The second kappa shape index (κ2) is 10.4. The number of ether oxygens (including phenoxy) is 1. The van der Waals surface area contributed by atoms with Crippen LogP contribution < -0.4 is 5.32 Å². The van der Waals surface area contributed by atoms with Gasteiger partial charge in [-0.15, -0.1) is 0 Å². The van der Waals surface area contributed by atoms with E-state index in [4.69, 9.17) is 4.74 Å². The number of methoxy groups -OCH3 is 1. The van der Waals surface area contributed by atoms with Gasteiger partial charge in [0.2, 0.25) is 0 Å². The molecule has 1 atom stereocenters. The molecule has 0 aromatic carbocycles. The third-order valence-electron chi connectivity index (χ3n) is 2.91. The summed E-state index contributed by atoms with van der Waals surface area (Å²) in [6, 6.07) is 0. The van der Waals surface area contributed by atoms with E-state index in [1.807, 2.05) is 11.8 Å². The number of rotatable bonds is 11. The Kier molecular flexibility index (Phi) is 10.5. The molecule has 16 heavy (non-hydrogen) atoms. The molecule has 0 radical (unpaired) electrons. The molecule has 3 nitrogen and oxygen atoms in total. The SMILES string of the molecule is CCNC(CC)(CO)CCCSCCOC. The maximum absolute atomic E-state index is 9.46. The minimum absolute atomic E-state index is 0.0590. The Morgan fingerprint density at radius 3 is 2.56 bits per heavy atom. The Morgan fingerprint density at radius 1 is 1.31 bits per heavy atom. The molecular weight excluding hydrogens is 222 g/mol. The first-order valence-corrected chi connectivity index (χ1v) is 7.32. The molecule has 0 saturated heterocycles. The Labute approximate surface area is 104 Å². The fraction of sp³-hybridized carbons (Fsp3) is 1.00. The van der Waals surface area contributed by atoms with E-state index in [0.29, 0.717) is 0 Å². The molecule has 0 aliphatic carbocycles. The normalized spacial score (nSPS) is 15.0. The largest absolute Gasteiger partial charge is 0.394 e. The third kappa shape index (κ3) is 6.74. The van der Waals surface area contributed by atoms with Crippen LogP contribution in [0.3, 0.4) is 0 Å². The summed E-state index contributed by atoms with van der Waals surface area (Å²) in [7, 11) is 1.74. The smallest absolute Gasteiger partial charge is 0.0613 e. The van der Waals surface area contributed by atoms with Gasteiger partial charge in [0.1, 0.15) is 0 Å².